The van der Waals surface area contributed by atoms with Crippen molar-refractivity contribution in [3.63, 3.8) is 0 Å². The average Bonchev–Trinajstić information content (AvgIpc) is 3.03. The lowest BCUT2D eigenvalue weighted by Crippen LogP contribution is -2.44. The average molecular weight is 333 g/mol. The van der Waals surface area contributed by atoms with Crippen LogP contribution in [0.3, 0.4) is 0 Å². The third-order valence-corrected chi connectivity index (χ3v) is 4.95. The van der Waals surface area contributed by atoms with Crippen LogP contribution in [0.1, 0.15) is 38.7 Å². The Hall–Kier alpha value is -2.24. The summed E-state index contributed by atoms with van der Waals surface area (Å²) in [5.74, 6) is 0.119. The minimum Gasteiger partial charge on any atom is -0.486 e. The third kappa shape index (κ3) is 3.18. The molecule has 1 aliphatic heterocycles. The molecule has 6 nitrogen and oxygen atoms in total. The second-order valence-electron chi connectivity index (χ2n) is 7.00. The van der Waals surface area contributed by atoms with Crippen LogP contribution >= 0.6 is 0 Å². The molecule has 0 unspecified atom stereocenters. The van der Waals surface area contributed by atoms with Gasteiger partial charge < -0.3 is 19.9 Å². The van der Waals surface area contributed by atoms with Crippen molar-refractivity contribution in [2.75, 3.05) is 13.2 Å². The first-order valence-corrected chi connectivity index (χ1v) is 8.32. The van der Waals surface area contributed by atoms with E-state index in [0.29, 0.717) is 44.0 Å². The molecule has 3 rings (SSSR count). The highest BCUT2D eigenvalue weighted by Crippen LogP contribution is 2.35. The Labute approximate surface area is 141 Å². The van der Waals surface area contributed by atoms with Gasteiger partial charge in [-0.1, -0.05) is 6.07 Å². The second-order valence-corrected chi connectivity index (χ2v) is 7.00. The van der Waals surface area contributed by atoms with Gasteiger partial charge >= 0.3 is 5.97 Å². The van der Waals surface area contributed by atoms with Crippen LogP contribution in [0, 0.1) is 5.92 Å². The van der Waals surface area contributed by atoms with Crippen LogP contribution in [-0.4, -0.2) is 36.2 Å². The van der Waals surface area contributed by atoms with Gasteiger partial charge in [0.15, 0.2) is 11.5 Å². The molecule has 2 aliphatic rings. The molecular weight excluding hydrogens is 310 g/mol. The first kappa shape index (κ1) is 16.6. The predicted octanol–water partition coefficient (Wildman–Crippen LogP) is 2.10. The molecule has 2 N–H and O–H groups in total. The zero-order valence-electron chi connectivity index (χ0n) is 14.0. The fraction of sp³-hybridized carbons (Fsp3) is 0.556. The SMILES string of the molecule is CC(C)(C(=O)N[C@H]1CC[C@@H](C(=O)O)C1)c1ccc2c(c1)OCCO2. The summed E-state index contributed by atoms with van der Waals surface area (Å²) in [6.07, 6.45) is 1.82. The number of hydrogen-bond donors (Lipinski definition) is 2. The van der Waals surface area contributed by atoms with Crippen LogP contribution in [0.25, 0.3) is 0 Å². The number of carbonyl (C=O) groups is 2. The van der Waals surface area contributed by atoms with E-state index in [1.807, 2.05) is 32.0 Å². The molecule has 24 heavy (non-hydrogen) atoms. The lowest BCUT2D eigenvalue weighted by molar-refractivity contribution is -0.141. The second kappa shape index (κ2) is 6.34. The number of carbonyl (C=O) groups excluding carboxylic acids is 1. The standard InChI is InChI=1S/C18H23NO5/c1-18(2,12-4-6-14-15(10-12)24-8-7-23-14)17(22)19-13-5-3-11(9-13)16(20)21/h4,6,10-11,13H,3,5,7-9H2,1-2H3,(H,19,22)(H,20,21)/t11-,13+/m1/s1. The van der Waals surface area contributed by atoms with Crippen LogP contribution in [0.2, 0.25) is 0 Å². The summed E-state index contributed by atoms with van der Waals surface area (Å²) in [6.45, 7) is 4.75. The van der Waals surface area contributed by atoms with E-state index in [-0.39, 0.29) is 17.9 Å². The molecule has 0 radical (unpaired) electrons. The van der Waals surface area contributed by atoms with Crippen LogP contribution in [0.15, 0.2) is 18.2 Å². The van der Waals surface area contributed by atoms with E-state index < -0.39 is 11.4 Å². The molecule has 1 heterocycles. The first-order valence-electron chi connectivity index (χ1n) is 8.32. The van der Waals surface area contributed by atoms with E-state index in [9.17, 15) is 9.59 Å². The van der Waals surface area contributed by atoms with E-state index in [4.69, 9.17) is 14.6 Å². The summed E-state index contributed by atoms with van der Waals surface area (Å²) < 4.78 is 11.1. The molecule has 1 aromatic rings. The van der Waals surface area contributed by atoms with E-state index in [2.05, 4.69) is 5.32 Å². The summed E-state index contributed by atoms with van der Waals surface area (Å²) in [5.41, 5.74) is 0.106. The summed E-state index contributed by atoms with van der Waals surface area (Å²) in [4.78, 5) is 23.8. The molecule has 1 aliphatic carbocycles. The summed E-state index contributed by atoms with van der Waals surface area (Å²) in [6, 6.07) is 5.48. The molecule has 0 bridgehead atoms. The van der Waals surface area contributed by atoms with E-state index >= 15 is 0 Å². The number of nitrogens with one attached hydrogen (secondary N) is 1. The Morgan fingerprint density at radius 3 is 2.54 bits per heavy atom. The van der Waals surface area contributed by atoms with Gasteiger partial charge in [0.1, 0.15) is 13.2 Å². The highest BCUT2D eigenvalue weighted by molar-refractivity contribution is 5.88. The normalized spacial score (nSPS) is 22.9. The number of aliphatic carboxylic acids is 1. The Balaban J connectivity index is 1.70. The molecule has 0 saturated heterocycles. The fourth-order valence-corrected chi connectivity index (χ4v) is 3.27. The predicted molar refractivity (Wildman–Crippen MR) is 87.4 cm³/mol. The zero-order chi connectivity index (χ0) is 17.3. The van der Waals surface area contributed by atoms with Gasteiger partial charge in [0.2, 0.25) is 5.91 Å². The Kier molecular flexibility index (Phi) is 4.39. The summed E-state index contributed by atoms with van der Waals surface area (Å²) in [7, 11) is 0. The summed E-state index contributed by atoms with van der Waals surface area (Å²) in [5, 5.41) is 12.1. The van der Waals surface area contributed by atoms with Crippen LogP contribution < -0.4 is 14.8 Å². The van der Waals surface area contributed by atoms with Gasteiger partial charge in [0, 0.05) is 6.04 Å². The van der Waals surface area contributed by atoms with Gasteiger partial charge in [-0.05, 0) is 50.8 Å². The van der Waals surface area contributed by atoms with Crippen LogP contribution in [0.5, 0.6) is 11.5 Å². The maximum atomic E-state index is 12.7. The van der Waals surface area contributed by atoms with E-state index in [1.54, 1.807) is 0 Å². The maximum Gasteiger partial charge on any atom is 0.306 e. The molecule has 1 saturated carbocycles. The number of rotatable bonds is 4. The lowest BCUT2D eigenvalue weighted by atomic mass is 9.83. The highest BCUT2D eigenvalue weighted by atomic mass is 16.6. The van der Waals surface area contributed by atoms with Gasteiger partial charge in [-0.15, -0.1) is 0 Å². The molecule has 1 fully saturated rings. The van der Waals surface area contributed by atoms with E-state index in [1.165, 1.54) is 0 Å². The van der Waals surface area contributed by atoms with Crippen LogP contribution in [0.4, 0.5) is 0 Å². The molecule has 0 spiro atoms. The number of carboxylic acids is 1. The van der Waals surface area contributed by atoms with Crippen molar-refractivity contribution >= 4 is 11.9 Å². The quantitative estimate of drug-likeness (QED) is 0.881. The van der Waals surface area contributed by atoms with Gasteiger partial charge in [0.25, 0.3) is 0 Å². The first-order chi connectivity index (χ1) is 11.4. The Bertz CT molecular complexity index is 655. The minimum atomic E-state index is -0.780. The fourth-order valence-electron chi connectivity index (χ4n) is 3.27. The van der Waals surface area contributed by atoms with Gasteiger partial charge in [-0.2, -0.15) is 0 Å². The van der Waals surface area contributed by atoms with Crippen LogP contribution in [-0.2, 0) is 15.0 Å². The topological polar surface area (TPSA) is 84.9 Å². The molecule has 130 valence electrons. The van der Waals surface area contributed by atoms with Crippen molar-refractivity contribution in [3.05, 3.63) is 23.8 Å². The maximum absolute atomic E-state index is 12.7. The molecule has 1 aromatic carbocycles. The van der Waals surface area contributed by atoms with Crippen molar-refractivity contribution in [3.8, 4) is 11.5 Å². The number of amides is 1. The Morgan fingerprint density at radius 1 is 1.17 bits per heavy atom. The highest BCUT2D eigenvalue weighted by Gasteiger charge is 2.36. The number of hydrogen-bond acceptors (Lipinski definition) is 4. The number of ether oxygens (including phenoxy) is 2. The molecule has 6 heteroatoms. The van der Waals surface area contributed by atoms with Crippen molar-refractivity contribution in [1.29, 1.82) is 0 Å². The summed E-state index contributed by atoms with van der Waals surface area (Å²) >= 11 is 0. The number of fused-ring (bicyclic) bond motifs is 1. The molecule has 2 atom stereocenters. The third-order valence-electron chi connectivity index (χ3n) is 4.95. The van der Waals surface area contributed by atoms with Crippen molar-refractivity contribution in [2.45, 2.75) is 44.6 Å². The van der Waals surface area contributed by atoms with Gasteiger partial charge in [-0.3, -0.25) is 9.59 Å². The Morgan fingerprint density at radius 2 is 1.88 bits per heavy atom. The number of carboxylic acid groups (broad SMARTS) is 1. The minimum absolute atomic E-state index is 0.0740. The van der Waals surface area contributed by atoms with Gasteiger partial charge in [-0.25, -0.2) is 0 Å². The lowest BCUT2D eigenvalue weighted by Gasteiger charge is -2.28. The van der Waals surface area contributed by atoms with Crippen molar-refractivity contribution < 1.29 is 24.2 Å². The molecule has 1 amide bonds. The largest absolute Gasteiger partial charge is 0.486 e. The van der Waals surface area contributed by atoms with Gasteiger partial charge in [0.05, 0.1) is 11.3 Å². The van der Waals surface area contributed by atoms with E-state index in [0.717, 1.165) is 5.56 Å². The van der Waals surface area contributed by atoms with Crippen molar-refractivity contribution in [2.24, 2.45) is 5.92 Å². The number of benzene rings is 1. The molecular formula is C18H23NO5. The monoisotopic (exact) mass is 333 g/mol. The van der Waals surface area contributed by atoms with Crippen molar-refractivity contribution in [1.82, 2.24) is 5.32 Å². The zero-order valence-corrected chi connectivity index (χ0v) is 14.0. The smallest absolute Gasteiger partial charge is 0.306 e. The molecule has 0 aromatic heterocycles.